The van der Waals surface area contributed by atoms with Gasteiger partial charge in [0.25, 0.3) is 5.91 Å². The first-order valence-corrected chi connectivity index (χ1v) is 7.48. The molecule has 0 saturated carbocycles. The van der Waals surface area contributed by atoms with Crippen LogP contribution in [0.1, 0.15) is 43.6 Å². The zero-order chi connectivity index (χ0) is 17.2. The molecule has 0 saturated heterocycles. The van der Waals surface area contributed by atoms with Crippen molar-refractivity contribution in [1.82, 2.24) is 5.01 Å². The van der Waals surface area contributed by atoms with Gasteiger partial charge in [0.15, 0.2) is 11.5 Å². The highest BCUT2D eigenvalue weighted by Gasteiger charge is 2.29. The minimum Gasteiger partial charge on any atom is -0.486 e. The third kappa shape index (κ3) is 3.73. The number of hydrogen-bond acceptors (Lipinski definition) is 6. The van der Waals surface area contributed by atoms with E-state index in [-0.39, 0.29) is 0 Å². The van der Waals surface area contributed by atoms with Crippen LogP contribution in [0.5, 0.6) is 11.5 Å². The highest BCUT2D eigenvalue weighted by atomic mass is 16.6. The Bertz CT molecular complexity index is 622. The summed E-state index contributed by atoms with van der Waals surface area (Å²) in [5.74, 6) is 6.11. The quantitative estimate of drug-likeness (QED) is 0.510. The summed E-state index contributed by atoms with van der Waals surface area (Å²) in [6.07, 6.45) is -0.366. The van der Waals surface area contributed by atoms with Gasteiger partial charge in [-0.05, 0) is 39.3 Å². The Labute approximate surface area is 135 Å². The lowest BCUT2D eigenvalue weighted by atomic mass is 10.0. The average molecular weight is 322 g/mol. The summed E-state index contributed by atoms with van der Waals surface area (Å²) in [7, 11) is 0. The number of nitrogens with two attached hydrogens (primary N) is 1. The molecule has 1 aliphatic rings. The first-order valence-electron chi connectivity index (χ1n) is 7.48. The van der Waals surface area contributed by atoms with E-state index in [4.69, 9.17) is 20.1 Å². The molecule has 0 aliphatic carbocycles. The number of hydrogen-bond donors (Lipinski definition) is 1. The van der Waals surface area contributed by atoms with Crippen molar-refractivity contribution in [3.05, 3.63) is 23.3 Å². The van der Waals surface area contributed by atoms with Gasteiger partial charge in [-0.15, -0.1) is 0 Å². The predicted molar refractivity (Wildman–Crippen MR) is 83.4 cm³/mol. The molecule has 0 bridgehead atoms. The van der Waals surface area contributed by atoms with Crippen molar-refractivity contribution < 1.29 is 23.8 Å². The Balaban J connectivity index is 2.30. The molecule has 2 rings (SSSR count). The Morgan fingerprint density at radius 3 is 2.52 bits per heavy atom. The number of hydrazine groups is 1. The van der Waals surface area contributed by atoms with Crippen LogP contribution in [0.3, 0.4) is 0 Å². The molecule has 23 heavy (non-hydrogen) atoms. The molecular weight excluding hydrogens is 300 g/mol. The molecule has 2 N–H and O–H groups in total. The summed E-state index contributed by atoms with van der Waals surface area (Å²) in [4.78, 5) is 24.5. The zero-order valence-electron chi connectivity index (χ0n) is 13.8. The lowest BCUT2D eigenvalue weighted by Gasteiger charge is -2.25. The molecule has 7 nitrogen and oxygen atoms in total. The summed E-state index contributed by atoms with van der Waals surface area (Å²) < 4.78 is 16.2. The predicted octanol–water partition coefficient (Wildman–Crippen LogP) is 2.27. The highest BCUT2D eigenvalue weighted by molar-refractivity contribution is 6.04. The van der Waals surface area contributed by atoms with Crippen molar-refractivity contribution in [3.8, 4) is 11.5 Å². The van der Waals surface area contributed by atoms with Crippen LogP contribution >= 0.6 is 0 Å². The van der Waals surface area contributed by atoms with Crippen LogP contribution in [-0.4, -0.2) is 35.8 Å². The monoisotopic (exact) mass is 322 g/mol. The van der Waals surface area contributed by atoms with E-state index in [9.17, 15) is 9.59 Å². The van der Waals surface area contributed by atoms with E-state index in [1.165, 1.54) is 0 Å². The largest absolute Gasteiger partial charge is 0.486 e. The second-order valence-corrected chi connectivity index (χ2v) is 6.12. The van der Waals surface area contributed by atoms with Gasteiger partial charge in [-0.1, -0.05) is 6.92 Å². The molecule has 0 aromatic heterocycles. The van der Waals surface area contributed by atoms with Gasteiger partial charge in [-0.2, -0.15) is 5.01 Å². The van der Waals surface area contributed by atoms with E-state index in [0.29, 0.717) is 47.3 Å². The van der Waals surface area contributed by atoms with Crippen molar-refractivity contribution in [2.24, 2.45) is 5.84 Å². The maximum Gasteiger partial charge on any atom is 0.432 e. The van der Waals surface area contributed by atoms with Crippen molar-refractivity contribution in [2.45, 2.75) is 39.7 Å². The number of nitrogens with zero attached hydrogens (tertiary/aromatic N) is 1. The van der Waals surface area contributed by atoms with Crippen LogP contribution in [-0.2, 0) is 11.2 Å². The molecule has 2 amide bonds. The van der Waals surface area contributed by atoms with E-state index in [1.807, 2.05) is 6.92 Å². The molecule has 126 valence electrons. The smallest absolute Gasteiger partial charge is 0.432 e. The number of amides is 2. The SMILES string of the molecule is CCc1c(C(=O)N(N)C(=O)OC(C)(C)C)ccc2c1OCCO2. The number of benzene rings is 1. The van der Waals surface area contributed by atoms with E-state index in [1.54, 1.807) is 32.9 Å². The minimum absolute atomic E-state index is 0.296. The normalized spacial score (nSPS) is 13.4. The van der Waals surface area contributed by atoms with Crippen LogP contribution in [0.4, 0.5) is 4.79 Å². The molecule has 1 aromatic carbocycles. The number of carbonyl (C=O) groups is 2. The van der Waals surface area contributed by atoms with Crippen molar-refractivity contribution in [3.63, 3.8) is 0 Å². The molecule has 0 fully saturated rings. The fourth-order valence-corrected chi connectivity index (χ4v) is 2.25. The number of ether oxygens (including phenoxy) is 3. The second-order valence-electron chi connectivity index (χ2n) is 6.12. The topological polar surface area (TPSA) is 91.1 Å². The summed E-state index contributed by atoms with van der Waals surface area (Å²) in [6, 6.07) is 3.22. The molecule has 0 atom stereocenters. The highest BCUT2D eigenvalue weighted by Crippen LogP contribution is 2.36. The number of fused-ring (bicyclic) bond motifs is 1. The standard InChI is InChI=1S/C16H22N2O5/c1-5-10-11(6-7-12-13(10)22-9-8-21-12)14(19)18(17)15(20)23-16(2,3)4/h6-7H,5,8-9,17H2,1-4H3. The molecule has 0 radical (unpaired) electrons. The maximum absolute atomic E-state index is 12.5. The molecular formula is C16H22N2O5. The zero-order valence-corrected chi connectivity index (χ0v) is 13.8. The summed E-state index contributed by atoms with van der Waals surface area (Å²) in [5.41, 5.74) is 0.214. The van der Waals surface area contributed by atoms with Gasteiger partial charge in [0.05, 0.1) is 0 Å². The second kappa shape index (κ2) is 6.45. The summed E-state index contributed by atoms with van der Waals surface area (Å²) >= 11 is 0. The molecule has 1 heterocycles. The molecule has 0 spiro atoms. The van der Waals surface area contributed by atoms with E-state index < -0.39 is 17.6 Å². The molecule has 0 unspecified atom stereocenters. The molecule has 1 aliphatic heterocycles. The Hall–Kier alpha value is -2.28. The number of imide groups is 1. The third-order valence-electron chi connectivity index (χ3n) is 3.20. The lowest BCUT2D eigenvalue weighted by Crippen LogP contribution is -2.45. The lowest BCUT2D eigenvalue weighted by molar-refractivity contribution is 0.0239. The van der Waals surface area contributed by atoms with E-state index in [2.05, 4.69) is 0 Å². The van der Waals surface area contributed by atoms with Crippen LogP contribution in [0, 0.1) is 0 Å². The first kappa shape index (κ1) is 17.1. The Morgan fingerprint density at radius 1 is 1.26 bits per heavy atom. The Kier molecular flexibility index (Phi) is 4.79. The van der Waals surface area contributed by atoms with Crippen molar-refractivity contribution in [2.75, 3.05) is 13.2 Å². The van der Waals surface area contributed by atoms with Crippen LogP contribution in [0.2, 0.25) is 0 Å². The van der Waals surface area contributed by atoms with Gasteiger partial charge in [-0.25, -0.2) is 10.6 Å². The van der Waals surface area contributed by atoms with E-state index >= 15 is 0 Å². The summed E-state index contributed by atoms with van der Waals surface area (Å²) in [5, 5.41) is 0.482. The van der Waals surface area contributed by atoms with Crippen LogP contribution in [0.15, 0.2) is 12.1 Å². The minimum atomic E-state index is -0.903. The number of carbonyl (C=O) groups excluding carboxylic acids is 2. The Morgan fingerprint density at radius 2 is 1.91 bits per heavy atom. The number of rotatable bonds is 2. The van der Waals surface area contributed by atoms with Crippen LogP contribution < -0.4 is 15.3 Å². The van der Waals surface area contributed by atoms with Gasteiger partial charge in [0.2, 0.25) is 0 Å². The van der Waals surface area contributed by atoms with Crippen molar-refractivity contribution in [1.29, 1.82) is 0 Å². The maximum atomic E-state index is 12.5. The van der Waals surface area contributed by atoms with Gasteiger partial charge in [0.1, 0.15) is 18.8 Å². The van der Waals surface area contributed by atoms with Gasteiger partial charge in [0, 0.05) is 11.1 Å². The van der Waals surface area contributed by atoms with Gasteiger partial charge >= 0.3 is 6.09 Å². The molecule has 1 aromatic rings. The average Bonchev–Trinajstić information content (AvgIpc) is 2.50. The first-order chi connectivity index (χ1) is 10.7. The van der Waals surface area contributed by atoms with Gasteiger partial charge < -0.3 is 14.2 Å². The van der Waals surface area contributed by atoms with Crippen LogP contribution in [0.25, 0.3) is 0 Å². The third-order valence-corrected chi connectivity index (χ3v) is 3.20. The van der Waals surface area contributed by atoms with E-state index in [0.717, 1.165) is 0 Å². The fraction of sp³-hybridized carbons (Fsp3) is 0.500. The fourth-order valence-electron chi connectivity index (χ4n) is 2.25. The molecule has 7 heteroatoms. The van der Waals surface area contributed by atoms with Gasteiger partial charge in [-0.3, -0.25) is 4.79 Å². The summed E-state index contributed by atoms with van der Waals surface area (Å²) in [6.45, 7) is 7.86. The van der Waals surface area contributed by atoms with Crippen molar-refractivity contribution >= 4 is 12.0 Å².